The third-order valence-electron chi connectivity index (χ3n) is 4.23. The predicted octanol–water partition coefficient (Wildman–Crippen LogP) is 0.989. The van der Waals surface area contributed by atoms with E-state index in [2.05, 4.69) is 15.5 Å². The number of amides is 1. The largest absolute Gasteiger partial charge is 0.481 e. The fourth-order valence-electron chi connectivity index (χ4n) is 2.88. The average Bonchev–Trinajstić information content (AvgIpc) is 3.08. The topological polar surface area (TPSA) is 101 Å². The monoisotopic (exact) mass is 315 g/mol. The normalized spacial score (nSPS) is 21.2. The highest BCUT2D eigenvalue weighted by Gasteiger charge is 2.39. The van der Waals surface area contributed by atoms with Gasteiger partial charge in [0, 0.05) is 13.1 Å². The summed E-state index contributed by atoms with van der Waals surface area (Å²) < 4.78 is 1.42. The number of hydrogen-bond donors (Lipinski definition) is 1. The first kappa shape index (κ1) is 15.1. The van der Waals surface area contributed by atoms with Gasteiger partial charge in [-0.15, -0.1) is 5.10 Å². The van der Waals surface area contributed by atoms with E-state index in [0.29, 0.717) is 30.6 Å². The van der Waals surface area contributed by atoms with Gasteiger partial charge in [0.25, 0.3) is 5.91 Å². The van der Waals surface area contributed by atoms with Gasteiger partial charge in [-0.25, -0.2) is 0 Å². The number of aromatic nitrogens is 4. The van der Waals surface area contributed by atoms with Crippen LogP contribution in [-0.4, -0.2) is 55.2 Å². The molecule has 8 heteroatoms. The summed E-state index contributed by atoms with van der Waals surface area (Å²) in [6.45, 7) is 2.43. The first-order chi connectivity index (χ1) is 11.0. The minimum atomic E-state index is -0.905. The fraction of sp³-hybridized carbons (Fsp3) is 0.400. The molecule has 1 saturated heterocycles. The van der Waals surface area contributed by atoms with Gasteiger partial charge in [-0.2, -0.15) is 4.68 Å². The Morgan fingerprint density at radius 2 is 2.09 bits per heavy atom. The summed E-state index contributed by atoms with van der Waals surface area (Å²) in [6.07, 6.45) is 2.66. The van der Waals surface area contributed by atoms with Gasteiger partial charge in [0.15, 0.2) is 0 Å². The standard InChI is InChI=1S/C15H17N5O3/c1-15(14(22)23)7-4-8-19(9-15)13(21)11-5-2-3-6-12(11)20-10-16-17-18-20/h2-3,5-6,10H,4,7-9H2,1H3,(H,22,23). The first-order valence-corrected chi connectivity index (χ1v) is 7.36. The van der Waals surface area contributed by atoms with Gasteiger partial charge in [-0.1, -0.05) is 12.1 Å². The minimum Gasteiger partial charge on any atom is -0.481 e. The van der Waals surface area contributed by atoms with Crippen molar-refractivity contribution in [3.05, 3.63) is 36.2 Å². The van der Waals surface area contributed by atoms with E-state index in [0.717, 1.165) is 0 Å². The van der Waals surface area contributed by atoms with Gasteiger partial charge in [-0.3, -0.25) is 9.59 Å². The molecule has 23 heavy (non-hydrogen) atoms. The molecule has 120 valence electrons. The van der Waals surface area contributed by atoms with Crippen LogP contribution in [0.2, 0.25) is 0 Å². The molecule has 2 aromatic rings. The van der Waals surface area contributed by atoms with Crippen molar-refractivity contribution in [1.29, 1.82) is 0 Å². The van der Waals surface area contributed by atoms with Crippen LogP contribution in [0, 0.1) is 5.41 Å². The quantitative estimate of drug-likeness (QED) is 0.906. The molecule has 2 heterocycles. The van der Waals surface area contributed by atoms with Crippen LogP contribution in [0.3, 0.4) is 0 Å². The van der Waals surface area contributed by atoms with Crippen molar-refractivity contribution >= 4 is 11.9 Å². The van der Waals surface area contributed by atoms with Gasteiger partial charge in [0.2, 0.25) is 0 Å². The molecule has 1 aliphatic rings. The highest BCUT2D eigenvalue weighted by Crippen LogP contribution is 2.31. The van der Waals surface area contributed by atoms with Crippen molar-refractivity contribution in [2.45, 2.75) is 19.8 Å². The van der Waals surface area contributed by atoms with Crippen LogP contribution in [0.5, 0.6) is 0 Å². The van der Waals surface area contributed by atoms with Crippen LogP contribution in [-0.2, 0) is 4.79 Å². The van der Waals surface area contributed by atoms with E-state index < -0.39 is 11.4 Å². The summed E-state index contributed by atoms with van der Waals surface area (Å²) in [4.78, 5) is 25.9. The highest BCUT2D eigenvalue weighted by atomic mass is 16.4. The van der Waals surface area contributed by atoms with Crippen molar-refractivity contribution < 1.29 is 14.7 Å². The number of carboxylic acids is 1. The maximum absolute atomic E-state index is 12.9. The number of aliphatic carboxylic acids is 1. The molecule has 1 amide bonds. The number of para-hydroxylation sites is 1. The molecule has 1 unspecified atom stereocenters. The Kier molecular flexibility index (Phi) is 3.81. The molecule has 1 fully saturated rings. The summed E-state index contributed by atoms with van der Waals surface area (Å²) in [5.41, 5.74) is 0.122. The predicted molar refractivity (Wildman–Crippen MR) is 80.0 cm³/mol. The second-order valence-corrected chi connectivity index (χ2v) is 5.97. The Labute approximate surface area is 132 Å². The Balaban J connectivity index is 1.91. The highest BCUT2D eigenvalue weighted by molar-refractivity contribution is 5.98. The van der Waals surface area contributed by atoms with Crippen LogP contribution in [0.4, 0.5) is 0 Å². The van der Waals surface area contributed by atoms with E-state index in [1.807, 2.05) is 0 Å². The van der Waals surface area contributed by atoms with E-state index in [-0.39, 0.29) is 12.5 Å². The zero-order chi connectivity index (χ0) is 16.4. The van der Waals surface area contributed by atoms with Crippen molar-refractivity contribution in [2.24, 2.45) is 5.41 Å². The van der Waals surface area contributed by atoms with Gasteiger partial charge in [0.1, 0.15) is 6.33 Å². The number of piperidine rings is 1. The molecule has 0 radical (unpaired) electrons. The summed E-state index contributed by atoms with van der Waals surface area (Å²) in [7, 11) is 0. The summed E-state index contributed by atoms with van der Waals surface area (Å²) in [5, 5.41) is 20.4. The van der Waals surface area contributed by atoms with E-state index in [9.17, 15) is 14.7 Å². The fourth-order valence-corrected chi connectivity index (χ4v) is 2.88. The maximum atomic E-state index is 12.9. The second kappa shape index (κ2) is 5.79. The van der Waals surface area contributed by atoms with E-state index in [1.165, 1.54) is 11.0 Å². The number of carbonyl (C=O) groups is 2. The van der Waals surface area contributed by atoms with Crippen molar-refractivity contribution in [2.75, 3.05) is 13.1 Å². The number of carboxylic acid groups (broad SMARTS) is 1. The molecule has 0 aliphatic carbocycles. The third-order valence-corrected chi connectivity index (χ3v) is 4.23. The van der Waals surface area contributed by atoms with Crippen LogP contribution >= 0.6 is 0 Å². The number of tetrazole rings is 1. The lowest BCUT2D eigenvalue weighted by molar-refractivity contribution is -0.150. The Morgan fingerprint density at radius 1 is 1.30 bits per heavy atom. The Morgan fingerprint density at radius 3 is 2.78 bits per heavy atom. The van der Waals surface area contributed by atoms with E-state index in [1.54, 1.807) is 36.1 Å². The van der Waals surface area contributed by atoms with Crippen molar-refractivity contribution in [3.8, 4) is 5.69 Å². The van der Waals surface area contributed by atoms with Gasteiger partial charge < -0.3 is 10.0 Å². The van der Waals surface area contributed by atoms with Crippen LogP contribution in [0.25, 0.3) is 5.69 Å². The van der Waals surface area contributed by atoms with Gasteiger partial charge >= 0.3 is 5.97 Å². The third kappa shape index (κ3) is 2.79. The number of likely N-dealkylation sites (tertiary alicyclic amines) is 1. The summed E-state index contributed by atoms with van der Waals surface area (Å²) >= 11 is 0. The van der Waals surface area contributed by atoms with Crippen LogP contribution < -0.4 is 0 Å². The SMILES string of the molecule is CC1(C(=O)O)CCCN(C(=O)c2ccccc2-n2cnnn2)C1. The van der Waals surface area contributed by atoms with Gasteiger partial charge in [0.05, 0.1) is 16.7 Å². The number of carbonyl (C=O) groups excluding carboxylic acids is 1. The molecule has 1 N–H and O–H groups in total. The Hall–Kier alpha value is -2.77. The molecular weight excluding hydrogens is 298 g/mol. The number of hydrogen-bond acceptors (Lipinski definition) is 5. The first-order valence-electron chi connectivity index (χ1n) is 7.36. The number of benzene rings is 1. The van der Waals surface area contributed by atoms with Crippen LogP contribution in [0.1, 0.15) is 30.1 Å². The number of rotatable bonds is 3. The summed E-state index contributed by atoms with van der Waals surface area (Å²) in [5.74, 6) is -1.08. The second-order valence-electron chi connectivity index (χ2n) is 5.97. The molecular formula is C15H17N5O3. The lowest BCUT2D eigenvalue weighted by Gasteiger charge is -2.37. The molecule has 1 aliphatic heterocycles. The minimum absolute atomic E-state index is 0.200. The molecule has 0 saturated carbocycles. The smallest absolute Gasteiger partial charge is 0.311 e. The number of nitrogens with zero attached hydrogens (tertiary/aromatic N) is 5. The van der Waals surface area contributed by atoms with Crippen molar-refractivity contribution in [1.82, 2.24) is 25.1 Å². The maximum Gasteiger partial charge on any atom is 0.311 e. The molecule has 1 aromatic heterocycles. The average molecular weight is 315 g/mol. The molecule has 0 bridgehead atoms. The van der Waals surface area contributed by atoms with Crippen LogP contribution in [0.15, 0.2) is 30.6 Å². The lowest BCUT2D eigenvalue weighted by atomic mass is 9.82. The van der Waals surface area contributed by atoms with E-state index in [4.69, 9.17) is 0 Å². The molecule has 1 aromatic carbocycles. The van der Waals surface area contributed by atoms with E-state index >= 15 is 0 Å². The van der Waals surface area contributed by atoms with Gasteiger partial charge in [-0.05, 0) is 42.3 Å². The molecule has 0 spiro atoms. The summed E-state index contributed by atoms with van der Waals surface area (Å²) in [6, 6.07) is 7.02. The lowest BCUT2D eigenvalue weighted by Crippen LogP contribution is -2.48. The molecule has 1 atom stereocenters. The molecule has 3 rings (SSSR count). The zero-order valence-corrected chi connectivity index (χ0v) is 12.7. The Bertz CT molecular complexity index is 730. The van der Waals surface area contributed by atoms with Crippen molar-refractivity contribution in [3.63, 3.8) is 0 Å². The molecule has 8 nitrogen and oxygen atoms in total. The zero-order valence-electron chi connectivity index (χ0n) is 12.7.